The van der Waals surface area contributed by atoms with Gasteiger partial charge in [0.2, 0.25) is 5.91 Å². The third-order valence-electron chi connectivity index (χ3n) is 2.76. The number of aromatic nitrogens is 1. The molecule has 0 saturated carbocycles. The number of nitrogens with zero attached hydrogens (tertiary/aromatic N) is 2. The fourth-order valence-electron chi connectivity index (χ4n) is 1.64. The lowest BCUT2D eigenvalue weighted by Crippen LogP contribution is -2.35. The maximum absolute atomic E-state index is 11.7. The van der Waals surface area contributed by atoms with Gasteiger partial charge < -0.3 is 16.0 Å². The van der Waals surface area contributed by atoms with Crippen LogP contribution >= 0.6 is 11.3 Å². The highest BCUT2D eigenvalue weighted by molar-refractivity contribution is 7.09. The van der Waals surface area contributed by atoms with Gasteiger partial charge in [-0.2, -0.15) is 0 Å². The molecule has 0 aliphatic rings. The molecular weight excluding hydrogens is 248 g/mol. The lowest BCUT2D eigenvalue weighted by atomic mass is 10.3. The summed E-state index contributed by atoms with van der Waals surface area (Å²) in [5.74, 6) is 0.0241. The highest BCUT2D eigenvalue weighted by Crippen LogP contribution is 2.09. The molecule has 0 bridgehead atoms. The van der Waals surface area contributed by atoms with Gasteiger partial charge in [-0.25, -0.2) is 4.98 Å². The van der Waals surface area contributed by atoms with Gasteiger partial charge in [0, 0.05) is 25.0 Å². The highest BCUT2D eigenvalue weighted by atomic mass is 32.1. The smallest absolute Gasteiger partial charge is 0.226 e. The Morgan fingerprint density at radius 2 is 2.22 bits per heavy atom. The first-order valence-electron chi connectivity index (χ1n) is 6.32. The van der Waals surface area contributed by atoms with Gasteiger partial charge in [-0.1, -0.05) is 13.8 Å². The van der Waals surface area contributed by atoms with Gasteiger partial charge in [0.25, 0.3) is 0 Å². The van der Waals surface area contributed by atoms with Crippen LogP contribution in [0.5, 0.6) is 0 Å². The van der Waals surface area contributed by atoms with E-state index in [9.17, 15) is 4.79 Å². The zero-order chi connectivity index (χ0) is 13.4. The third kappa shape index (κ3) is 5.12. The van der Waals surface area contributed by atoms with E-state index in [1.54, 1.807) is 0 Å². The van der Waals surface area contributed by atoms with Crippen molar-refractivity contribution in [2.75, 3.05) is 26.2 Å². The second-order valence-corrected chi connectivity index (χ2v) is 4.93. The van der Waals surface area contributed by atoms with E-state index in [1.807, 2.05) is 5.38 Å². The molecule has 0 aliphatic carbocycles. The van der Waals surface area contributed by atoms with E-state index in [4.69, 9.17) is 5.73 Å². The molecular formula is C12H22N4OS. The van der Waals surface area contributed by atoms with Crippen molar-refractivity contribution in [3.8, 4) is 0 Å². The Morgan fingerprint density at radius 1 is 1.50 bits per heavy atom. The Kier molecular flexibility index (Phi) is 6.85. The summed E-state index contributed by atoms with van der Waals surface area (Å²) in [5.41, 5.74) is 6.29. The van der Waals surface area contributed by atoms with Crippen molar-refractivity contribution >= 4 is 17.2 Å². The molecule has 0 fully saturated rings. The second kappa shape index (κ2) is 8.18. The number of thiazole rings is 1. The van der Waals surface area contributed by atoms with Crippen LogP contribution in [-0.4, -0.2) is 42.0 Å². The van der Waals surface area contributed by atoms with Crippen LogP contribution in [0, 0.1) is 0 Å². The molecule has 3 N–H and O–H groups in total. The number of nitrogens with one attached hydrogen (secondary N) is 1. The Labute approximate surface area is 112 Å². The van der Waals surface area contributed by atoms with E-state index in [-0.39, 0.29) is 5.91 Å². The van der Waals surface area contributed by atoms with Gasteiger partial charge in [-0.05, 0) is 13.1 Å². The van der Waals surface area contributed by atoms with Crippen molar-refractivity contribution in [3.05, 3.63) is 16.1 Å². The van der Waals surface area contributed by atoms with Crippen LogP contribution in [0.15, 0.2) is 5.38 Å². The fourth-order valence-corrected chi connectivity index (χ4v) is 2.32. The van der Waals surface area contributed by atoms with E-state index in [0.717, 1.165) is 30.3 Å². The summed E-state index contributed by atoms with van der Waals surface area (Å²) in [6.07, 6.45) is 0.342. The van der Waals surface area contributed by atoms with Crippen molar-refractivity contribution in [3.63, 3.8) is 0 Å². The third-order valence-corrected chi connectivity index (χ3v) is 3.68. The predicted molar refractivity (Wildman–Crippen MR) is 74.5 cm³/mol. The normalized spacial score (nSPS) is 10.9. The van der Waals surface area contributed by atoms with Crippen molar-refractivity contribution in [2.45, 2.75) is 26.8 Å². The second-order valence-electron chi connectivity index (χ2n) is 3.99. The Balaban J connectivity index is 2.25. The minimum Gasteiger partial charge on any atom is -0.354 e. The van der Waals surface area contributed by atoms with E-state index in [2.05, 4.69) is 29.0 Å². The summed E-state index contributed by atoms with van der Waals surface area (Å²) in [6.45, 7) is 8.28. The average molecular weight is 270 g/mol. The van der Waals surface area contributed by atoms with Crippen molar-refractivity contribution in [2.24, 2.45) is 5.73 Å². The summed E-state index contributed by atoms with van der Waals surface area (Å²) in [6, 6.07) is 0. The molecule has 1 aromatic heterocycles. The number of carbonyl (C=O) groups excluding carboxylic acids is 1. The minimum absolute atomic E-state index is 0.0241. The molecule has 5 nitrogen and oxygen atoms in total. The van der Waals surface area contributed by atoms with Crippen LogP contribution in [0.2, 0.25) is 0 Å². The number of hydrogen-bond donors (Lipinski definition) is 2. The molecule has 1 heterocycles. The molecule has 0 aromatic carbocycles. The van der Waals surface area contributed by atoms with Gasteiger partial charge in [-0.3, -0.25) is 4.79 Å². The summed E-state index contributed by atoms with van der Waals surface area (Å²) in [5, 5.41) is 5.68. The molecule has 18 heavy (non-hydrogen) atoms. The molecule has 1 aromatic rings. The quantitative estimate of drug-likeness (QED) is 0.726. The predicted octanol–water partition coefficient (Wildman–Crippen LogP) is 0.602. The van der Waals surface area contributed by atoms with Crippen LogP contribution in [-0.2, 0) is 17.8 Å². The van der Waals surface area contributed by atoms with Crippen LogP contribution in [0.25, 0.3) is 0 Å². The first-order valence-corrected chi connectivity index (χ1v) is 7.19. The van der Waals surface area contributed by atoms with Crippen LogP contribution in [0.1, 0.15) is 24.5 Å². The maximum atomic E-state index is 11.7. The number of rotatable bonds is 8. The van der Waals surface area contributed by atoms with Crippen molar-refractivity contribution < 1.29 is 4.79 Å². The molecule has 0 saturated heterocycles. The SMILES string of the molecule is CCN(CC)CCNC(=O)Cc1csc(CN)n1. The van der Waals surface area contributed by atoms with Crippen LogP contribution in [0.4, 0.5) is 0 Å². The number of carbonyl (C=O) groups is 1. The molecule has 0 aliphatic heterocycles. The minimum atomic E-state index is 0.0241. The molecule has 1 rings (SSSR count). The molecule has 0 atom stereocenters. The molecule has 1 amide bonds. The highest BCUT2D eigenvalue weighted by Gasteiger charge is 2.07. The Bertz CT molecular complexity index is 363. The van der Waals surface area contributed by atoms with E-state index in [0.29, 0.717) is 19.5 Å². The summed E-state index contributed by atoms with van der Waals surface area (Å²) in [4.78, 5) is 18.2. The van der Waals surface area contributed by atoms with E-state index in [1.165, 1.54) is 11.3 Å². The van der Waals surface area contributed by atoms with Gasteiger partial charge in [0.05, 0.1) is 12.1 Å². The Hall–Kier alpha value is -0.980. The Morgan fingerprint density at radius 3 is 2.78 bits per heavy atom. The average Bonchev–Trinajstić information content (AvgIpc) is 2.82. The molecule has 102 valence electrons. The standard InChI is InChI=1S/C12H22N4OS/c1-3-16(4-2)6-5-14-11(17)7-10-9-18-12(8-13)15-10/h9H,3-8,13H2,1-2H3,(H,14,17). The maximum Gasteiger partial charge on any atom is 0.226 e. The van der Waals surface area contributed by atoms with Gasteiger partial charge in [-0.15, -0.1) is 11.3 Å². The number of amides is 1. The van der Waals surface area contributed by atoms with Crippen LogP contribution < -0.4 is 11.1 Å². The fraction of sp³-hybridized carbons (Fsp3) is 0.667. The summed E-state index contributed by atoms with van der Waals surface area (Å²) < 4.78 is 0. The van der Waals surface area contributed by atoms with E-state index >= 15 is 0 Å². The lowest BCUT2D eigenvalue weighted by Gasteiger charge is -2.17. The van der Waals surface area contributed by atoms with Crippen LogP contribution in [0.3, 0.4) is 0 Å². The monoisotopic (exact) mass is 270 g/mol. The number of nitrogens with two attached hydrogens (primary N) is 1. The molecule has 6 heteroatoms. The number of hydrogen-bond acceptors (Lipinski definition) is 5. The lowest BCUT2D eigenvalue weighted by molar-refractivity contribution is -0.120. The zero-order valence-electron chi connectivity index (χ0n) is 11.1. The molecule has 0 spiro atoms. The first kappa shape index (κ1) is 15.1. The first-order chi connectivity index (χ1) is 8.69. The summed E-state index contributed by atoms with van der Waals surface area (Å²) in [7, 11) is 0. The largest absolute Gasteiger partial charge is 0.354 e. The molecule has 0 unspecified atom stereocenters. The van der Waals surface area contributed by atoms with Gasteiger partial charge >= 0.3 is 0 Å². The number of likely N-dealkylation sites (N-methyl/N-ethyl adjacent to an activating group) is 1. The van der Waals surface area contributed by atoms with Gasteiger partial charge in [0.15, 0.2) is 0 Å². The molecule has 0 radical (unpaired) electrons. The van der Waals surface area contributed by atoms with Crippen molar-refractivity contribution in [1.82, 2.24) is 15.2 Å². The van der Waals surface area contributed by atoms with Gasteiger partial charge in [0.1, 0.15) is 5.01 Å². The topological polar surface area (TPSA) is 71.2 Å². The summed E-state index contributed by atoms with van der Waals surface area (Å²) >= 11 is 1.50. The zero-order valence-corrected chi connectivity index (χ0v) is 11.9. The van der Waals surface area contributed by atoms with Crippen molar-refractivity contribution in [1.29, 1.82) is 0 Å². The van der Waals surface area contributed by atoms with E-state index < -0.39 is 0 Å².